The van der Waals surface area contributed by atoms with Crippen LogP contribution in [-0.2, 0) is 4.79 Å². The molecular weight excluding hydrogens is 311 g/mol. The number of hydrogen-bond donors (Lipinski definition) is 0. The predicted octanol–water partition coefficient (Wildman–Crippen LogP) is 4.89. The first kappa shape index (κ1) is 16.1. The number of allylic oxidation sites excluding steroid dienone is 2. The van der Waals surface area contributed by atoms with Gasteiger partial charge in [0.2, 0.25) is 0 Å². The second-order valence-corrected chi connectivity index (χ2v) is 6.00. The van der Waals surface area contributed by atoms with Crippen molar-refractivity contribution in [3.05, 3.63) is 108 Å². The number of benzene rings is 3. The zero-order chi connectivity index (χ0) is 16.8. The molecule has 0 fully saturated rings. The van der Waals surface area contributed by atoms with Crippen LogP contribution in [0, 0.1) is 0 Å². The Bertz CT molecular complexity index is 866. The molecule has 2 heteroatoms. The average molecular weight is 329 g/mol. The van der Waals surface area contributed by atoms with Crippen molar-refractivity contribution in [2.24, 2.45) is 0 Å². The van der Waals surface area contributed by atoms with Crippen molar-refractivity contribution in [1.82, 2.24) is 0 Å². The van der Waals surface area contributed by atoms with Crippen LogP contribution < -0.4 is 0 Å². The zero-order valence-corrected chi connectivity index (χ0v) is 14.4. The molecule has 0 aliphatic rings. The van der Waals surface area contributed by atoms with Gasteiger partial charge in [-0.15, -0.1) is 0 Å². The Morgan fingerprint density at radius 2 is 1.04 bits per heavy atom. The molecular formula is C22H18OP+. The molecule has 0 aliphatic carbocycles. The van der Waals surface area contributed by atoms with Crippen LogP contribution in [0.5, 0.6) is 0 Å². The number of carbonyl (C=O) groups is 1. The van der Waals surface area contributed by atoms with Crippen molar-refractivity contribution in [3.63, 3.8) is 0 Å². The van der Waals surface area contributed by atoms with Crippen LogP contribution in [0.15, 0.2) is 91.0 Å². The summed E-state index contributed by atoms with van der Waals surface area (Å²) in [5, 5.41) is 1.01. The minimum Gasteiger partial charge on any atom is -0.298 e. The van der Waals surface area contributed by atoms with Crippen LogP contribution in [-0.4, -0.2) is 11.6 Å². The summed E-state index contributed by atoms with van der Waals surface area (Å²) >= 11 is 0. The number of aldehydes is 1. The van der Waals surface area contributed by atoms with Crippen LogP contribution >= 0.6 is 8.86 Å². The molecule has 1 unspecified atom stereocenters. The molecule has 3 aromatic rings. The quantitative estimate of drug-likeness (QED) is 0.282. The Kier molecular flexibility index (Phi) is 5.15. The second-order valence-electron chi connectivity index (χ2n) is 5.42. The first-order valence-electron chi connectivity index (χ1n) is 7.80. The Hall–Kier alpha value is -2.76. The Morgan fingerprint density at radius 3 is 1.50 bits per heavy atom. The van der Waals surface area contributed by atoms with Gasteiger partial charge < -0.3 is 0 Å². The largest absolute Gasteiger partial charge is 0.298 e. The number of carbonyl (C=O) groups excluding carboxylic acids is 1. The van der Waals surface area contributed by atoms with Crippen LogP contribution in [0.2, 0.25) is 0 Å². The maximum absolute atomic E-state index is 12.0. The minimum absolute atomic E-state index is 0.690. The van der Waals surface area contributed by atoms with E-state index in [2.05, 4.69) is 21.0 Å². The van der Waals surface area contributed by atoms with Crippen molar-refractivity contribution in [1.29, 1.82) is 0 Å². The van der Waals surface area contributed by atoms with Crippen LogP contribution in [0.3, 0.4) is 0 Å². The molecule has 0 aromatic heterocycles. The molecule has 3 rings (SSSR count). The van der Waals surface area contributed by atoms with Gasteiger partial charge in [-0.3, -0.25) is 4.79 Å². The van der Waals surface area contributed by atoms with Gasteiger partial charge in [0.05, 0.1) is 8.86 Å². The summed E-state index contributed by atoms with van der Waals surface area (Å²) in [7, 11) is 2.81. The van der Waals surface area contributed by atoms with Gasteiger partial charge in [0.1, 0.15) is 0 Å². The van der Waals surface area contributed by atoms with Gasteiger partial charge in [-0.05, 0) is 11.1 Å². The lowest BCUT2D eigenvalue weighted by Gasteiger charge is -2.12. The molecule has 0 bridgehead atoms. The van der Waals surface area contributed by atoms with Crippen molar-refractivity contribution in [2.45, 2.75) is 0 Å². The molecule has 1 nitrogen and oxygen atoms in total. The lowest BCUT2D eigenvalue weighted by atomic mass is 9.90. The van der Waals surface area contributed by atoms with Gasteiger partial charge in [0.15, 0.2) is 11.6 Å². The van der Waals surface area contributed by atoms with E-state index in [4.69, 9.17) is 0 Å². The summed E-state index contributed by atoms with van der Waals surface area (Å²) in [6.45, 7) is 0. The highest BCUT2D eigenvalue weighted by Gasteiger charge is 2.19. The summed E-state index contributed by atoms with van der Waals surface area (Å²) in [5.74, 6) is 0. The number of hydrogen-bond acceptors (Lipinski definition) is 1. The lowest BCUT2D eigenvalue weighted by Crippen LogP contribution is -2.05. The SMILES string of the molecule is O=C/C(=C(/C(=[PH2+])c1ccccc1)c1ccccc1)c1ccccc1. The number of rotatable bonds is 5. The van der Waals surface area contributed by atoms with E-state index in [1.54, 1.807) is 0 Å². The third kappa shape index (κ3) is 3.42. The van der Waals surface area contributed by atoms with Gasteiger partial charge in [-0.1, -0.05) is 91.0 Å². The molecule has 3 aromatic carbocycles. The molecule has 0 saturated heterocycles. The minimum atomic E-state index is 0.690. The maximum atomic E-state index is 12.0. The summed E-state index contributed by atoms with van der Waals surface area (Å²) in [4.78, 5) is 12.0. The fourth-order valence-electron chi connectivity index (χ4n) is 2.71. The van der Waals surface area contributed by atoms with Crippen LogP contribution in [0.25, 0.3) is 11.1 Å². The highest BCUT2D eigenvalue weighted by Crippen LogP contribution is 2.29. The third-order valence-corrected chi connectivity index (χ3v) is 4.51. The van der Waals surface area contributed by atoms with Crippen LogP contribution in [0.4, 0.5) is 0 Å². The Balaban J connectivity index is 2.24. The van der Waals surface area contributed by atoms with Crippen molar-refractivity contribution in [3.8, 4) is 0 Å². The summed E-state index contributed by atoms with van der Waals surface area (Å²) in [6.07, 6.45) is 0.949. The van der Waals surface area contributed by atoms with Gasteiger partial charge in [0, 0.05) is 16.7 Å². The van der Waals surface area contributed by atoms with Crippen molar-refractivity contribution in [2.75, 3.05) is 0 Å². The molecule has 0 N–H and O–H groups in total. The highest BCUT2D eigenvalue weighted by atomic mass is 31.0. The Labute approximate surface area is 144 Å². The fourth-order valence-corrected chi connectivity index (χ4v) is 3.23. The molecule has 116 valence electrons. The first-order chi connectivity index (χ1) is 11.8. The molecule has 0 heterocycles. The van der Waals surface area contributed by atoms with E-state index in [0.717, 1.165) is 33.8 Å². The summed E-state index contributed by atoms with van der Waals surface area (Å²) < 4.78 is 0. The highest BCUT2D eigenvalue weighted by molar-refractivity contribution is 7.25. The van der Waals surface area contributed by atoms with Gasteiger partial charge in [-0.25, -0.2) is 0 Å². The molecule has 24 heavy (non-hydrogen) atoms. The van der Waals surface area contributed by atoms with Crippen LogP contribution in [0.1, 0.15) is 16.7 Å². The predicted molar refractivity (Wildman–Crippen MR) is 106 cm³/mol. The third-order valence-electron chi connectivity index (χ3n) is 3.89. The topological polar surface area (TPSA) is 17.1 Å². The van der Waals surface area contributed by atoms with Gasteiger partial charge in [0.25, 0.3) is 0 Å². The van der Waals surface area contributed by atoms with E-state index in [9.17, 15) is 4.79 Å². The van der Waals surface area contributed by atoms with E-state index < -0.39 is 0 Å². The molecule has 0 radical (unpaired) electrons. The second kappa shape index (κ2) is 7.68. The molecule has 0 aliphatic heterocycles. The van der Waals surface area contributed by atoms with Crippen molar-refractivity contribution >= 4 is 31.6 Å². The molecule has 0 amide bonds. The van der Waals surface area contributed by atoms with E-state index in [0.29, 0.717) is 5.57 Å². The smallest absolute Gasteiger partial charge is 0.154 e. The van der Waals surface area contributed by atoms with Gasteiger partial charge in [-0.2, -0.15) is 0 Å². The molecule has 0 saturated carbocycles. The normalized spacial score (nSPS) is 11.5. The Morgan fingerprint density at radius 1 is 0.625 bits per heavy atom. The fraction of sp³-hybridized carbons (Fsp3) is 0. The monoisotopic (exact) mass is 329 g/mol. The van der Waals surface area contributed by atoms with Gasteiger partial charge >= 0.3 is 0 Å². The van der Waals surface area contributed by atoms with Crippen molar-refractivity contribution < 1.29 is 4.79 Å². The molecule has 0 spiro atoms. The van der Waals surface area contributed by atoms with E-state index in [1.165, 1.54) is 0 Å². The van der Waals surface area contributed by atoms with E-state index in [-0.39, 0.29) is 0 Å². The summed E-state index contributed by atoms with van der Waals surface area (Å²) in [5.41, 5.74) is 4.65. The lowest BCUT2D eigenvalue weighted by molar-refractivity contribution is -0.103. The standard InChI is InChI=1S/C22H17OP/c23-16-20(17-10-4-1-5-11-17)21(18-12-6-2-7-13-18)22(24)19-14-8-3-9-15-19/h1-16,24H/p+1/b21-20-. The molecule has 1 atom stereocenters. The average Bonchev–Trinajstić information content (AvgIpc) is 2.67. The maximum Gasteiger partial charge on any atom is 0.154 e. The van der Waals surface area contributed by atoms with E-state index in [1.807, 2.05) is 78.9 Å². The first-order valence-corrected chi connectivity index (χ1v) is 8.37. The summed E-state index contributed by atoms with van der Waals surface area (Å²) in [6, 6.07) is 29.9. The zero-order valence-electron chi connectivity index (χ0n) is 13.2. The van der Waals surface area contributed by atoms with E-state index >= 15 is 0 Å².